The van der Waals surface area contributed by atoms with Crippen LogP contribution in [0.15, 0.2) is 24.5 Å². The Kier molecular flexibility index (Phi) is 2.96. The average Bonchev–Trinajstić information content (AvgIpc) is 3.15. The molecule has 2 N–H and O–H groups in total. The van der Waals surface area contributed by atoms with Crippen LogP contribution in [0, 0.1) is 5.41 Å². The minimum atomic E-state index is 0.134. The summed E-state index contributed by atoms with van der Waals surface area (Å²) in [5.41, 5.74) is 1.98. The summed E-state index contributed by atoms with van der Waals surface area (Å²) >= 11 is 0. The number of nitrogens with one attached hydrogen (secondary N) is 2. The highest BCUT2D eigenvalue weighted by molar-refractivity contribution is 6.05. The predicted molar refractivity (Wildman–Crippen MR) is 81.2 cm³/mol. The molecule has 0 atom stereocenters. The summed E-state index contributed by atoms with van der Waals surface area (Å²) in [4.78, 5) is 22.1. The van der Waals surface area contributed by atoms with Crippen LogP contribution in [0.25, 0.3) is 11.0 Å². The van der Waals surface area contributed by atoms with E-state index in [4.69, 9.17) is 0 Å². The maximum atomic E-state index is 12.7. The summed E-state index contributed by atoms with van der Waals surface area (Å²) in [6, 6.07) is 3.83. The molecule has 0 bridgehead atoms. The number of likely N-dealkylation sites (tertiary alicyclic amines) is 1. The van der Waals surface area contributed by atoms with Gasteiger partial charge in [0.25, 0.3) is 5.91 Å². The van der Waals surface area contributed by atoms with Gasteiger partial charge in [-0.1, -0.05) is 0 Å². The first-order valence-electron chi connectivity index (χ1n) is 7.70. The van der Waals surface area contributed by atoms with Gasteiger partial charge >= 0.3 is 0 Å². The highest BCUT2D eigenvalue weighted by atomic mass is 16.2. The van der Waals surface area contributed by atoms with Gasteiger partial charge in [0.2, 0.25) is 0 Å². The third-order valence-electron chi connectivity index (χ3n) is 5.12. The second kappa shape index (κ2) is 4.84. The molecule has 2 aliphatic rings. The van der Waals surface area contributed by atoms with Crippen LogP contribution in [0.2, 0.25) is 0 Å². The smallest absolute Gasteiger partial charge is 0.256 e. The van der Waals surface area contributed by atoms with Crippen LogP contribution in [0.5, 0.6) is 0 Å². The predicted octanol–water partition coefficient (Wildman–Crippen LogP) is 1.78. The summed E-state index contributed by atoms with van der Waals surface area (Å²) < 4.78 is 0. The summed E-state index contributed by atoms with van der Waals surface area (Å²) in [6.07, 6.45) is 7.02. The zero-order valence-electron chi connectivity index (χ0n) is 12.1. The number of rotatable bonds is 1. The molecule has 0 aliphatic carbocycles. The molecule has 110 valence electrons. The number of aromatic amines is 1. The second-order valence-corrected chi connectivity index (χ2v) is 6.32. The molecular formula is C16H20N4O. The topological polar surface area (TPSA) is 61.0 Å². The minimum Gasteiger partial charge on any atom is -0.345 e. The van der Waals surface area contributed by atoms with Gasteiger partial charge < -0.3 is 15.2 Å². The molecule has 5 nitrogen and oxygen atoms in total. The van der Waals surface area contributed by atoms with E-state index in [2.05, 4.69) is 15.3 Å². The molecule has 0 aromatic carbocycles. The molecule has 2 aromatic rings. The quantitative estimate of drug-likeness (QED) is 0.839. The van der Waals surface area contributed by atoms with Gasteiger partial charge in [-0.15, -0.1) is 0 Å². The molecule has 1 spiro atoms. The lowest BCUT2D eigenvalue weighted by molar-refractivity contribution is 0.0609. The lowest BCUT2D eigenvalue weighted by Crippen LogP contribution is -2.44. The average molecular weight is 284 g/mol. The van der Waals surface area contributed by atoms with Gasteiger partial charge in [-0.05, 0) is 43.4 Å². The van der Waals surface area contributed by atoms with E-state index in [1.165, 1.54) is 6.42 Å². The van der Waals surface area contributed by atoms with Crippen LogP contribution in [-0.2, 0) is 0 Å². The standard InChI is InChI=1S/C16H20N4O/c21-15(13-10-19-14-12(13)2-1-6-18-14)20-8-4-16(5-9-20)3-7-17-11-16/h1-2,6,10,17H,3-5,7-9,11H2,(H,18,19). The summed E-state index contributed by atoms with van der Waals surface area (Å²) in [5.74, 6) is 0.134. The van der Waals surface area contributed by atoms with Gasteiger partial charge in [0.15, 0.2) is 0 Å². The van der Waals surface area contributed by atoms with Crippen LogP contribution in [0.4, 0.5) is 0 Å². The van der Waals surface area contributed by atoms with Gasteiger partial charge in [0, 0.05) is 37.4 Å². The molecule has 0 unspecified atom stereocenters. The zero-order valence-corrected chi connectivity index (χ0v) is 12.1. The van der Waals surface area contributed by atoms with Crippen molar-refractivity contribution in [3.8, 4) is 0 Å². The number of fused-ring (bicyclic) bond motifs is 1. The van der Waals surface area contributed by atoms with Gasteiger partial charge in [-0.3, -0.25) is 4.79 Å². The molecule has 21 heavy (non-hydrogen) atoms. The van der Waals surface area contributed by atoms with E-state index in [9.17, 15) is 4.79 Å². The summed E-state index contributed by atoms with van der Waals surface area (Å²) in [5, 5.41) is 4.38. The van der Waals surface area contributed by atoms with E-state index in [1.54, 1.807) is 12.4 Å². The maximum Gasteiger partial charge on any atom is 0.256 e. The van der Waals surface area contributed by atoms with E-state index >= 15 is 0 Å². The van der Waals surface area contributed by atoms with Gasteiger partial charge in [0.05, 0.1) is 5.56 Å². The molecule has 4 heterocycles. The molecular weight excluding hydrogens is 264 g/mol. The summed E-state index contributed by atoms with van der Waals surface area (Å²) in [6.45, 7) is 3.98. The highest BCUT2D eigenvalue weighted by Gasteiger charge is 2.38. The minimum absolute atomic E-state index is 0.134. The lowest BCUT2D eigenvalue weighted by Gasteiger charge is -2.38. The first kappa shape index (κ1) is 12.8. The first-order valence-corrected chi connectivity index (χ1v) is 7.70. The van der Waals surface area contributed by atoms with Gasteiger partial charge in [0.1, 0.15) is 5.65 Å². The van der Waals surface area contributed by atoms with Gasteiger partial charge in [-0.25, -0.2) is 4.98 Å². The summed E-state index contributed by atoms with van der Waals surface area (Å²) in [7, 11) is 0. The molecule has 1 amide bonds. The Bertz CT molecular complexity index is 662. The van der Waals surface area contributed by atoms with Crippen molar-refractivity contribution in [1.29, 1.82) is 0 Å². The fourth-order valence-electron chi connectivity index (χ4n) is 3.71. The molecule has 4 rings (SSSR count). The van der Waals surface area contributed by atoms with Crippen LogP contribution >= 0.6 is 0 Å². The van der Waals surface area contributed by atoms with Crippen molar-refractivity contribution in [3.63, 3.8) is 0 Å². The van der Waals surface area contributed by atoms with Crippen molar-refractivity contribution in [2.75, 3.05) is 26.2 Å². The number of aromatic nitrogens is 2. The highest BCUT2D eigenvalue weighted by Crippen LogP contribution is 2.37. The number of nitrogens with zero attached hydrogens (tertiary/aromatic N) is 2. The van der Waals surface area contributed by atoms with E-state index in [1.807, 2.05) is 17.0 Å². The molecule has 2 fully saturated rings. The van der Waals surface area contributed by atoms with Gasteiger partial charge in [-0.2, -0.15) is 0 Å². The van der Waals surface area contributed by atoms with Crippen molar-refractivity contribution in [3.05, 3.63) is 30.1 Å². The van der Waals surface area contributed by atoms with E-state index in [-0.39, 0.29) is 5.91 Å². The Morgan fingerprint density at radius 3 is 2.90 bits per heavy atom. The Morgan fingerprint density at radius 1 is 1.29 bits per heavy atom. The molecule has 0 saturated carbocycles. The van der Waals surface area contributed by atoms with Crippen molar-refractivity contribution in [2.45, 2.75) is 19.3 Å². The Labute approximate surface area is 123 Å². The van der Waals surface area contributed by atoms with Crippen molar-refractivity contribution in [1.82, 2.24) is 20.2 Å². The number of piperidine rings is 1. The number of hydrogen-bond acceptors (Lipinski definition) is 3. The van der Waals surface area contributed by atoms with Crippen LogP contribution < -0.4 is 5.32 Å². The number of amides is 1. The molecule has 2 saturated heterocycles. The largest absolute Gasteiger partial charge is 0.345 e. The first-order chi connectivity index (χ1) is 10.3. The molecule has 2 aliphatic heterocycles. The number of hydrogen-bond donors (Lipinski definition) is 2. The molecule has 0 radical (unpaired) electrons. The van der Waals surface area contributed by atoms with Crippen LogP contribution in [0.3, 0.4) is 0 Å². The van der Waals surface area contributed by atoms with Crippen molar-refractivity contribution < 1.29 is 4.79 Å². The van der Waals surface area contributed by atoms with E-state index < -0.39 is 0 Å². The molecule has 5 heteroatoms. The second-order valence-electron chi connectivity index (χ2n) is 6.32. The Balaban J connectivity index is 1.53. The normalized spacial score (nSPS) is 21.2. The monoisotopic (exact) mass is 284 g/mol. The fraction of sp³-hybridized carbons (Fsp3) is 0.500. The van der Waals surface area contributed by atoms with Crippen molar-refractivity contribution in [2.24, 2.45) is 5.41 Å². The number of carbonyl (C=O) groups excluding carboxylic acids is 1. The molecule has 2 aromatic heterocycles. The van der Waals surface area contributed by atoms with Crippen LogP contribution in [-0.4, -0.2) is 47.0 Å². The number of H-pyrrole nitrogens is 1. The number of carbonyl (C=O) groups is 1. The van der Waals surface area contributed by atoms with Crippen LogP contribution in [0.1, 0.15) is 29.6 Å². The maximum absolute atomic E-state index is 12.7. The van der Waals surface area contributed by atoms with E-state index in [0.717, 1.165) is 55.6 Å². The Morgan fingerprint density at radius 2 is 2.14 bits per heavy atom. The third kappa shape index (κ3) is 2.12. The van der Waals surface area contributed by atoms with Crippen molar-refractivity contribution >= 4 is 16.9 Å². The SMILES string of the molecule is O=C(c1c[nH]c2ncccc12)N1CCC2(CCNC2)CC1. The van der Waals surface area contributed by atoms with E-state index in [0.29, 0.717) is 5.41 Å². The Hall–Kier alpha value is -1.88. The lowest BCUT2D eigenvalue weighted by atomic mass is 9.78. The zero-order chi connectivity index (χ0) is 14.3. The number of pyridine rings is 1. The fourth-order valence-corrected chi connectivity index (χ4v) is 3.71. The third-order valence-corrected chi connectivity index (χ3v) is 5.12.